The van der Waals surface area contributed by atoms with Crippen LogP contribution in [0, 0.1) is 6.61 Å². The van der Waals surface area contributed by atoms with E-state index in [2.05, 4.69) is 14.7 Å². The summed E-state index contributed by atoms with van der Waals surface area (Å²) in [6.07, 6.45) is 3.63. The predicted octanol–water partition coefficient (Wildman–Crippen LogP) is 1.14. The molecule has 11 heavy (non-hydrogen) atoms. The monoisotopic (exact) mass is 153 g/mol. The topological polar surface area (TPSA) is 55.0 Å². The van der Waals surface area contributed by atoms with E-state index < -0.39 is 5.97 Å². The lowest BCUT2D eigenvalue weighted by Gasteiger charge is -1.96. The van der Waals surface area contributed by atoms with E-state index in [9.17, 15) is 4.79 Å². The molecule has 1 radical (unpaired) electrons. The lowest BCUT2D eigenvalue weighted by molar-refractivity contribution is 0.0595. The Morgan fingerprint density at radius 3 is 3.27 bits per heavy atom. The Labute approximate surface area is 64.6 Å². The molecule has 0 aliphatic heterocycles. The smallest absolute Gasteiger partial charge is 0.358 e. The number of carbonyl (C=O) groups excluding carboxylic acids is 1. The first kappa shape index (κ1) is 7.78. The Balaban J connectivity index is 2.43. The highest BCUT2D eigenvalue weighted by Crippen LogP contribution is 1.97. The summed E-state index contributed by atoms with van der Waals surface area (Å²) >= 11 is 0. The largest absolute Gasteiger partial charge is 0.454 e. The van der Waals surface area contributed by atoms with Crippen LogP contribution in [0.2, 0.25) is 0 Å². The highest BCUT2D eigenvalue weighted by Gasteiger charge is 2.07. The van der Waals surface area contributed by atoms with Gasteiger partial charge in [0.1, 0.15) is 6.61 Å². The number of nitrogens with zero attached hydrogens (tertiary/aromatic N) is 1. The van der Waals surface area contributed by atoms with Gasteiger partial charge in [0.25, 0.3) is 0 Å². The van der Waals surface area contributed by atoms with Gasteiger partial charge in [-0.3, -0.25) is 0 Å². The number of hydrogen-bond donors (Lipinski definition) is 1. The van der Waals surface area contributed by atoms with E-state index in [1.54, 1.807) is 0 Å². The molecule has 1 N–H and O–H groups in total. The zero-order chi connectivity index (χ0) is 8.10. The van der Waals surface area contributed by atoms with Crippen molar-refractivity contribution in [2.75, 3.05) is 0 Å². The minimum atomic E-state index is -0.423. The summed E-state index contributed by atoms with van der Waals surface area (Å²) in [5.41, 5.74) is 0.301. The van der Waals surface area contributed by atoms with Crippen molar-refractivity contribution >= 4 is 5.97 Å². The van der Waals surface area contributed by atoms with E-state index in [1.807, 2.05) is 6.92 Å². The number of H-pyrrole nitrogens is 1. The quantitative estimate of drug-likeness (QED) is 0.662. The van der Waals surface area contributed by atoms with Crippen molar-refractivity contribution in [3.63, 3.8) is 0 Å². The van der Waals surface area contributed by atoms with Crippen molar-refractivity contribution in [1.82, 2.24) is 9.97 Å². The minimum absolute atomic E-state index is 0.301. The fourth-order valence-corrected chi connectivity index (χ4v) is 0.591. The molecule has 4 heteroatoms. The maximum Gasteiger partial charge on any atom is 0.358 e. The number of carbonyl (C=O) groups is 1. The second-order valence-corrected chi connectivity index (χ2v) is 1.93. The first-order chi connectivity index (χ1) is 5.34. The van der Waals surface area contributed by atoms with Crippen molar-refractivity contribution in [3.05, 3.63) is 24.8 Å². The summed E-state index contributed by atoms with van der Waals surface area (Å²) in [5, 5.41) is 0. The van der Waals surface area contributed by atoms with Crippen molar-refractivity contribution in [2.24, 2.45) is 0 Å². The molecule has 0 spiro atoms. The molecule has 0 aromatic carbocycles. The molecule has 0 aliphatic carbocycles. The zero-order valence-corrected chi connectivity index (χ0v) is 6.20. The van der Waals surface area contributed by atoms with Crippen LogP contribution in [0.3, 0.4) is 0 Å². The van der Waals surface area contributed by atoms with Gasteiger partial charge in [0.2, 0.25) is 0 Å². The van der Waals surface area contributed by atoms with Gasteiger partial charge in [0.15, 0.2) is 5.69 Å². The molecule has 0 bridgehead atoms. The molecule has 1 heterocycles. The average Bonchev–Trinajstić information content (AvgIpc) is 2.52. The van der Waals surface area contributed by atoms with Crippen molar-refractivity contribution in [3.8, 4) is 0 Å². The zero-order valence-electron chi connectivity index (χ0n) is 6.20. The lowest BCUT2D eigenvalue weighted by atomic mass is 10.5. The number of nitrogens with one attached hydrogen (secondary N) is 1. The van der Waals surface area contributed by atoms with Gasteiger partial charge < -0.3 is 9.72 Å². The van der Waals surface area contributed by atoms with E-state index in [-0.39, 0.29) is 0 Å². The summed E-state index contributed by atoms with van der Waals surface area (Å²) < 4.78 is 4.69. The molecule has 0 saturated heterocycles. The van der Waals surface area contributed by atoms with E-state index >= 15 is 0 Å². The van der Waals surface area contributed by atoms with Crippen molar-refractivity contribution < 1.29 is 9.53 Å². The number of ether oxygens (including phenoxy) is 1. The maximum absolute atomic E-state index is 10.9. The van der Waals surface area contributed by atoms with Gasteiger partial charge in [0, 0.05) is 6.20 Å². The third-order valence-electron chi connectivity index (χ3n) is 1.06. The highest BCUT2D eigenvalue weighted by atomic mass is 16.5. The van der Waals surface area contributed by atoms with Crippen molar-refractivity contribution in [1.29, 1.82) is 0 Å². The molecule has 0 atom stereocenters. The SMILES string of the molecule is CC[CH]OC(=O)c1c[nH]cn1. The number of aromatic amines is 1. The van der Waals surface area contributed by atoms with Gasteiger partial charge in [-0.15, -0.1) is 0 Å². The van der Waals surface area contributed by atoms with Gasteiger partial charge in [0.05, 0.1) is 6.33 Å². The van der Waals surface area contributed by atoms with Crippen LogP contribution in [0.15, 0.2) is 12.5 Å². The molecule has 0 fully saturated rings. The Morgan fingerprint density at radius 2 is 2.73 bits per heavy atom. The number of esters is 1. The van der Waals surface area contributed by atoms with Gasteiger partial charge in [-0.1, -0.05) is 6.92 Å². The Kier molecular flexibility index (Phi) is 2.66. The van der Waals surface area contributed by atoms with E-state index in [1.165, 1.54) is 19.1 Å². The normalized spacial score (nSPS) is 9.55. The van der Waals surface area contributed by atoms with Crippen LogP contribution in [0.5, 0.6) is 0 Å². The standard InChI is InChI=1S/C7H9N2O2/c1-2-3-11-7(10)6-4-8-5-9-6/h3-5H,2H2,1H3,(H,8,9). The second-order valence-electron chi connectivity index (χ2n) is 1.93. The van der Waals surface area contributed by atoms with Crippen LogP contribution in [-0.2, 0) is 4.74 Å². The first-order valence-electron chi connectivity index (χ1n) is 3.36. The molecule has 0 aliphatic rings. The van der Waals surface area contributed by atoms with Crippen LogP contribution < -0.4 is 0 Å². The number of imidazole rings is 1. The predicted molar refractivity (Wildman–Crippen MR) is 38.6 cm³/mol. The molecule has 0 saturated carbocycles. The summed E-state index contributed by atoms with van der Waals surface area (Å²) in [5.74, 6) is -0.423. The van der Waals surface area contributed by atoms with E-state index in [0.717, 1.165) is 0 Å². The molecule has 1 aromatic rings. The van der Waals surface area contributed by atoms with E-state index in [4.69, 9.17) is 0 Å². The number of hydrogen-bond acceptors (Lipinski definition) is 3. The summed E-state index contributed by atoms with van der Waals surface area (Å²) in [6, 6.07) is 0. The second kappa shape index (κ2) is 3.75. The Hall–Kier alpha value is -1.32. The van der Waals surface area contributed by atoms with Crippen LogP contribution in [0.4, 0.5) is 0 Å². The van der Waals surface area contributed by atoms with E-state index in [0.29, 0.717) is 12.1 Å². The summed E-state index contributed by atoms with van der Waals surface area (Å²) in [6.45, 7) is 3.33. The molecule has 1 rings (SSSR count). The summed E-state index contributed by atoms with van der Waals surface area (Å²) in [4.78, 5) is 17.3. The molecular formula is C7H9N2O2. The number of rotatable bonds is 3. The average molecular weight is 153 g/mol. The van der Waals surface area contributed by atoms with Crippen LogP contribution in [0.25, 0.3) is 0 Å². The molecule has 1 aromatic heterocycles. The van der Waals surface area contributed by atoms with Crippen LogP contribution >= 0.6 is 0 Å². The highest BCUT2D eigenvalue weighted by molar-refractivity contribution is 5.87. The van der Waals surface area contributed by atoms with Crippen LogP contribution in [0.1, 0.15) is 23.8 Å². The van der Waals surface area contributed by atoms with Gasteiger partial charge >= 0.3 is 5.97 Å². The van der Waals surface area contributed by atoms with Gasteiger partial charge in [-0.05, 0) is 6.42 Å². The third-order valence-corrected chi connectivity index (χ3v) is 1.06. The fraction of sp³-hybridized carbons (Fsp3) is 0.286. The first-order valence-corrected chi connectivity index (χ1v) is 3.36. The van der Waals surface area contributed by atoms with Crippen molar-refractivity contribution in [2.45, 2.75) is 13.3 Å². The third kappa shape index (κ3) is 2.07. The molecule has 0 amide bonds. The number of aromatic nitrogens is 2. The Bertz CT molecular complexity index is 218. The van der Waals surface area contributed by atoms with Gasteiger partial charge in [-0.25, -0.2) is 9.78 Å². The minimum Gasteiger partial charge on any atom is -0.454 e. The molecule has 4 nitrogen and oxygen atoms in total. The fourth-order valence-electron chi connectivity index (χ4n) is 0.591. The van der Waals surface area contributed by atoms with Crippen LogP contribution in [-0.4, -0.2) is 15.9 Å². The Morgan fingerprint density at radius 1 is 1.91 bits per heavy atom. The maximum atomic E-state index is 10.9. The van der Waals surface area contributed by atoms with Gasteiger partial charge in [-0.2, -0.15) is 0 Å². The molecular weight excluding hydrogens is 144 g/mol. The molecule has 0 unspecified atom stereocenters. The lowest BCUT2D eigenvalue weighted by Crippen LogP contribution is -2.02. The summed E-state index contributed by atoms with van der Waals surface area (Å²) in [7, 11) is 0. The molecule has 59 valence electrons.